The van der Waals surface area contributed by atoms with E-state index in [4.69, 9.17) is 11.6 Å². The first-order valence-corrected chi connectivity index (χ1v) is 4.71. The lowest BCUT2D eigenvalue weighted by Crippen LogP contribution is -2.01. The van der Waals surface area contributed by atoms with E-state index in [0.29, 0.717) is 5.88 Å². The number of nitrogens with one attached hydrogen (secondary N) is 1. The molecular formula is C8H9BrClN. The molecule has 1 aromatic carbocycles. The molecule has 0 atom stereocenters. The fraction of sp³-hybridized carbons (Fsp3) is 0.250. The largest absolute Gasteiger partial charge is 0.384 e. The Balaban J connectivity index is 2.52. The second kappa shape index (κ2) is 4.62. The lowest BCUT2D eigenvalue weighted by atomic mass is 10.3. The van der Waals surface area contributed by atoms with Crippen LogP contribution in [-0.2, 0) is 0 Å². The quantitative estimate of drug-likeness (QED) is 0.793. The molecule has 60 valence electrons. The predicted octanol–water partition coefficient (Wildman–Crippen LogP) is 3.10. The highest BCUT2D eigenvalue weighted by molar-refractivity contribution is 9.10. The molecule has 0 radical (unpaired) electrons. The van der Waals surface area contributed by atoms with Crippen molar-refractivity contribution in [1.82, 2.24) is 0 Å². The van der Waals surface area contributed by atoms with Crippen LogP contribution in [0.5, 0.6) is 0 Å². The van der Waals surface area contributed by atoms with Gasteiger partial charge in [0.2, 0.25) is 0 Å². The Morgan fingerprint density at radius 2 is 1.91 bits per heavy atom. The Labute approximate surface area is 79.9 Å². The van der Waals surface area contributed by atoms with E-state index in [1.807, 2.05) is 24.3 Å². The minimum Gasteiger partial charge on any atom is -0.384 e. The average Bonchev–Trinajstić information content (AvgIpc) is 2.04. The van der Waals surface area contributed by atoms with Gasteiger partial charge in [-0.2, -0.15) is 0 Å². The summed E-state index contributed by atoms with van der Waals surface area (Å²) in [5, 5.41) is 3.17. The highest BCUT2D eigenvalue weighted by Gasteiger charge is 1.89. The molecule has 3 heteroatoms. The maximum atomic E-state index is 5.51. The van der Waals surface area contributed by atoms with E-state index in [0.717, 1.165) is 16.7 Å². The lowest BCUT2D eigenvalue weighted by molar-refractivity contribution is 1.22. The highest BCUT2D eigenvalue weighted by atomic mass is 79.9. The smallest absolute Gasteiger partial charge is 0.0396 e. The minimum atomic E-state index is 0.635. The van der Waals surface area contributed by atoms with E-state index in [9.17, 15) is 0 Å². The topological polar surface area (TPSA) is 12.0 Å². The van der Waals surface area contributed by atoms with Gasteiger partial charge < -0.3 is 5.32 Å². The van der Waals surface area contributed by atoms with Crippen molar-refractivity contribution in [2.45, 2.75) is 0 Å². The summed E-state index contributed by atoms with van der Waals surface area (Å²) < 4.78 is 1.09. The Kier molecular flexibility index (Phi) is 3.73. The lowest BCUT2D eigenvalue weighted by Gasteiger charge is -2.02. The normalized spacial score (nSPS) is 9.64. The molecule has 1 aromatic rings. The van der Waals surface area contributed by atoms with Gasteiger partial charge in [0.15, 0.2) is 0 Å². The van der Waals surface area contributed by atoms with Crippen molar-refractivity contribution in [2.75, 3.05) is 17.7 Å². The molecule has 0 aliphatic heterocycles. The monoisotopic (exact) mass is 233 g/mol. The summed E-state index contributed by atoms with van der Waals surface area (Å²) in [5.41, 5.74) is 1.11. The predicted molar refractivity (Wildman–Crippen MR) is 53.4 cm³/mol. The summed E-state index contributed by atoms with van der Waals surface area (Å²) in [6, 6.07) is 8.01. The zero-order chi connectivity index (χ0) is 8.10. The molecule has 1 rings (SSSR count). The van der Waals surface area contributed by atoms with Crippen molar-refractivity contribution < 1.29 is 0 Å². The molecule has 1 N–H and O–H groups in total. The Bertz CT molecular complexity index is 210. The van der Waals surface area contributed by atoms with Crippen LogP contribution in [0.1, 0.15) is 0 Å². The number of alkyl halides is 1. The van der Waals surface area contributed by atoms with E-state index in [-0.39, 0.29) is 0 Å². The molecule has 1 nitrogen and oxygen atoms in total. The van der Waals surface area contributed by atoms with Gasteiger partial charge in [-0.15, -0.1) is 11.6 Å². The number of benzene rings is 1. The molecule has 0 amide bonds. The number of anilines is 1. The van der Waals surface area contributed by atoms with Crippen LogP contribution in [-0.4, -0.2) is 12.4 Å². The SMILES string of the molecule is ClCCNc1ccc(Br)cc1. The van der Waals surface area contributed by atoms with Gasteiger partial charge in [0.1, 0.15) is 0 Å². The van der Waals surface area contributed by atoms with E-state index in [2.05, 4.69) is 21.2 Å². The van der Waals surface area contributed by atoms with Crippen LogP contribution >= 0.6 is 27.5 Å². The summed E-state index contributed by atoms with van der Waals surface area (Å²) >= 11 is 8.87. The summed E-state index contributed by atoms with van der Waals surface area (Å²) in [7, 11) is 0. The van der Waals surface area contributed by atoms with Gasteiger partial charge in [0.25, 0.3) is 0 Å². The first-order valence-electron chi connectivity index (χ1n) is 3.38. The molecule has 0 saturated heterocycles. The average molecular weight is 235 g/mol. The zero-order valence-corrected chi connectivity index (χ0v) is 8.32. The summed E-state index contributed by atoms with van der Waals surface area (Å²) in [5.74, 6) is 0.635. The van der Waals surface area contributed by atoms with Gasteiger partial charge in [0.05, 0.1) is 0 Å². The molecule has 0 aliphatic carbocycles. The molecule has 0 fully saturated rings. The third-order valence-corrected chi connectivity index (χ3v) is 1.99. The number of hydrogen-bond acceptors (Lipinski definition) is 1. The molecule has 0 spiro atoms. The van der Waals surface area contributed by atoms with Crippen LogP contribution < -0.4 is 5.32 Å². The van der Waals surface area contributed by atoms with Crippen molar-refractivity contribution >= 4 is 33.2 Å². The van der Waals surface area contributed by atoms with E-state index >= 15 is 0 Å². The summed E-state index contributed by atoms with van der Waals surface area (Å²) in [4.78, 5) is 0. The second-order valence-electron chi connectivity index (χ2n) is 2.12. The summed E-state index contributed by atoms with van der Waals surface area (Å²) in [6.07, 6.45) is 0. The van der Waals surface area contributed by atoms with Crippen LogP contribution in [0.25, 0.3) is 0 Å². The van der Waals surface area contributed by atoms with Gasteiger partial charge in [0, 0.05) is 22.6 Å². The van der Waals surface area contributed by atoms with Gasteiger partial charge in [-0.25, -0.2) is 0 Å². The van der Waals surface area contributed by atoms with Gasteiger partial charge >= 0.3 is 0 Å². The van der Waals surface area contributed by atoms with Crippen molar-refractivity contribution in [3.63, 3.8) is 0 Å². The van der Waals surface area contributed by atoms with Gasteiger partial charge in [-0.3, -0.25) is 0 Å². The van der Waals surface area contributed by atoms with Crippen LogP contribution in [0.4, 0.5) is 5.69 Å². The van der Waals surface area contributed by atoms with Gasteiger partial charge in [-0.1, -0.05) is 15.9 Å². The molecule has 0 bridgehead atoms. The van der Waals surface area contributed by atoms with E-state index in [1.54, 1.807) is 0 Å². The van der Waals surface area contributed by atoms with E-state index in [1.165, 1.54) is 0 Å². The third kappa shape index (κ3) is 3.12. The Morgan fingerprint density at radius 1 is 1.27 bits per heavy atom. The highest BCUT2D eigenvalue weighted by Crippen LogP contribution is 2.13. The molecule has 11 heavy (non-hydrogen) atoms. The molecule has 0 saturated carbocycles. The molecule has 0 aliphatic rings. The number of hydrogen-bond donors (Lipinski definition) is 1. The van der Waals surface area contributed by atoms with Crippen molar-refractivity contribution in [2.24, 2.45) is 0 Å². The third-order valence-electron chi connectivity index (χ3n) is 1.27. The number of rotatable bonds is 3. The first kappa shape index (κ1) is 8.88. The maximum Gasteiger partial charge on any atom is 0.0396 e. The molecular weight excluding hydrogens is 225 g/mol. The number of halogens is 2. The Morgan fingerprint density at radius 3 is 2.45 bits per heavy atom. The second-order valence-corrected chi connectivity index (χ2v) is 3.42. The standard InChI is InChI=1S/C8H9BrClN/c9-7-1-3-8(4-2-7)11-6-5-10/h1-4,11H,5-6H2. The first-order chi connectivity index (χ1) is 5.33. The van der Waals surface area contributed by atoms with Crippen molar-refractivity contribution in [3.8, 4) is 0 Å². The fourth-order valence-electron chi connectivity index (χ4n) is 0.759. The van der Waals surface area contributed by atoms with Crippen molar-refractivity contribution in [1.29, 1.82) is 0 Å². The van der Waals surface area contributed by atoms with E-state index < -0.39 is 0 Å². The van der Waals surface area contributed by atoms with Crippen molar-refractivity contribution in [3.05, 3.63) is 28.7 Å². The van der Waals surface area contributed by atoms with Gasteiger partial charge in [-0.05, 0) is 24.3 Å². The zero-order valence-electron chi connectivity index (χ0n) is 5.98. The van der Waals surface area contributed by atoms with Crippen LogP contribution in [0.3, 0.4) is 0 Å². The fourth-order valence-corrected chi connectivity index (χ4v) is 1.12. The summed E-state index contributed by atoms with van der Waals surface area (Å²) in [6.45, 7) is 0.809. The van der Waals surface area contributed by atoms with Crippen LogP contribution in [0.15, 0.2) is 28.7 Å². The van der Waals surface area contributed by atoms with Crippen LogP contribution in [0.2, 0.25) is 0 Å². The molecule has 0 unspecified atom stereocenters. The molecule has 0 heterocycles. The maximum absolute atomic E-state index is 5.51. The van der Waals surface area contributed by atoms with Crippen LogP contribution in [0, 0.1) is 0 Å². The minimum absolute atomic E-state index is 0.635. The molecule has 0 aromatic heterocycles. The Hall–Kier alpha value is -0.210.